The van der Waals surface area contributed by atoms with E-state index in [1.54, 1.807) is 40.2 Å². The number of carbonyl (C=O) groups is 1. The van der Waals surface area contributed by atoms with Gasteiger partial charge in [0.2, 0.25) is 0 Å². The van der Waals surface area contributed by atoms with Crippen molar-refractivity contribution in [2.75, 3.05) is 7.05 Å². The van der Waals surface area contributed by atoms with E-state index in [2.05, 4.69) is 26.2 Å². The second-order valence-electron chi connectivity index (χ2n) is 4.78. The van der Waals surface area contributed by atoms with Gasteiger partial charge in [0.05, 0.1) is 27.8 Å². The van der Waals surface area contributed by atoms with E-state index in [1.807, 2.05) is 24.6 Å². The second-order valence-corrected chi connectivity index (χ2v) is 6.58. The number of carbonyl (C=O) groups excluding carboxylic acids is 1. The predicted molar refractivity (Wildman–Crippen MR) is 86.5 cm³/mol. The van der Waals surface area contributed by atoms with Crippen LogP contribution in [0.25, 0.3) is 10.6 Å². The number of halogens is 1. The average Bonchev–Trinajstić information content (AvgIpc) is 3.22. The van der Waals surface area contributed by atoms with Gasteiger partial charge in [0, 0.05) is 20.2 Å². The summed E-state index contributed by atoms with van der Waals surface area (Å²) in [5.41, 5.74) is 1.21. The van der Waals surface area contributed by atoms with Gasteiger partial charge in [-0.2, -0.15) is 5.10 Å². The van der Waals surface area contributed by atoms with Crippen LogP contribution >= 0.6 is 27.3 Å². The lowest BCUT2D eigenvalue weighted by Crippen LogP contribution is -2.27. The summed E-state index contributed by atoms with van der Waals surface area (Å²) in [5, 5.41) is 9.96. The molecule has 3 heterocycles. The number of aromatic nitrogens is 3. The molecule has 0 N–H and O–H groups in total. The lowest BCUT2D eigenvalue weighted by Gasteiger charge is -2.15. The maximum Gasteiger partial charge on any atom is 0.276 e. The first-order valence-electron chi connectivity index (χ1n) is 6.48. The molecule has 22 heavy (non-hydrogen) atoms. The van der Waals surface area contributed by atoms with Crippen LogP contribution in [0.4, 0.5) is 0 Å². The smallest absolute Gasteiger partial charge is 0.276 e. The summed E-state index contributed by atoms with van der Waals surface area (Å²) in [6.07, 6.45) is 1.71. The van der Waals surface area contributed by atoms with Gasteiger partial charge in [-0.25, -0.2) is 0 Å². The van der Waals surface area contributed by atoms with Crippen LogP contribution in [-0.4, -0.2) is 32.8 Å². The highest BCUT2D eigenvalue weighted by molar-refractivity contribution is 9.10. The maximum atomic E-state index is 12.4. The summed E-state index contributed by atoms with van der Waals surface area (Å²) in [6, 6.07) is 5.52. The van der Waals surface area contributed by atoms with Crippen LogP contribution in [0.1, 0.15) is 16.2 Å². The van der Waals surface area contributed by atoms with Crippen LogP contribution in [-0.2, 0) is 13.6 Å². The Bertz CT molecular complexity index is 774. The summed E-state index contributed by atoms with van der Waals surface area (Å²) in [6.45, 7) is 0.428. The van der Waals surface area contributed by atoms with Crippen LogP contribution < -0.4 is 0 Å². The van der Waals surface area contributed by atoms with Gasteiger partial charge in [0.25, 0.3) is 5.91 Å². The van der Waals surface area contributed by atoms with Crippen molar-refractivity contribution >= 4 is 33.2 Å². The van der Waals surface area contributed by atoms with Crippen molar-refractivity contribution in [1.82, 2.24) is 19.8 Å². The highest BCUT2D eigenvalue weighted by Gasteiger charge is 2.20. The van der Waals surface area contributed by atoms with E-state index >= 15 is 0 Å². The summed E-state index contributed by atoms with van der Waals surface area (Å²) in [4.78, 5) is 15.0. The number of aryl methyl sites for hydroxylation is 1. The average molecular weight is 381 g/mol. The molecule has 0 saturated carbocycles. The van der Waals surface area contributed by atoms with Gasteiger partial charge >= 0.3 is 0 Å². The van der Waals surface area contributed by atoms with Crippen LogP contribution in [0.3, 0.4) is 0 Å². The molecule has 0 aliphatic rings. The fourth-order valence-electron chi connectivity index (χ4n) is 2.02. The normalized spacial score (nSPS) is 10.9. The molecule has 3 aromatic heterocycles. The van der Waals surface area contributed by atoms with Gasteiger partial charge in [-0.15, -0.1) is 11.3 Å². The molecule has 0 bridgehead atoms. The minimum Gasteiger partial charge on any atom is -0.355 e. The van der Waals surface area contributed by atoms with Crippen molar-refractivity contribution in [1.29, 1.82) is 0 Å². The maximum absolute atomic E-state index is 12.4. The molecule has 0 aromatic carbocycles. The molecule has 1 amide bonds. The summed E-state index contributed by atoms with van der Waals surface area (Å²) in [5.74, 6) is 0.410. The third-order valence-electron chi connectivity index (χ3n) is 3.24. The monoisotopic (exact) mass is 380 g/mol. The van der Waals surface area contributed by atoms with Crippen molar-refractivity contribution < 1.29 is 9.32 Å². The van der Waals surface area contributed by atoms with Gasteiger partial charge < -0.3 is 9.42 Å². The topological polar surface area (TPSA) is 64.2 Å². The quantitative estimate of drug-likeness (QED) is 0.697. The molecule has 0 aliphatic carbocycles. The first-order chi connectivity index (χ1) is 10.6. The Morgan fingerprint density at radius 3 is 3.00 bits per heavy atom. The third-order valence-corrected chi connectivity index (χ3v) is 4.78. The molecule has 0 radical (unpaired) electrons. The molecular weight excluding hydrogens is 368 g/mol. The van der Waals surface area contributed by atoms with Crippen molar-refractivity contribution in [3.8, 4) is 10.6 Å². The Balaban J connectivity index is 1.76. The Kier molecular flexibility index (Phi) is 4.12. The number of hydrogen-bond donors (Lipinski definition) is 0. The molecule has 0 saturated heterocycles. The summed E-state index contributed by atoms with van der Waals surface area (Å²) >= 11 is 4.97. The molecule has 3 aromatic rings. The molecule has 0 fully saturated rings. The Morgan fingerprint density at radius 2 is 2.36 bits per heavy atom. The molecule has 114 valence electrons. The molecule has 3 rings (SSSR count). The van der Waals surface area contributed by atoms with Crippen molar-refractivity contribution in [2.24, 2.45) is 7.05 Å². The van der Waals surface area contributed by atoms with Gasteiger partial charge in [0.15, 0.2) is 11.5 Å². The molecule has 0 aliphatic heterocycles. The predicted octanol–water partition coefficient (Wildman–Crippen LogP) is 3.17. The van der Waals surface area contributed by atoms with Crippen LogP contribution in [0.5, 0.6) is 0 Å². The fourth-order valence-corrected chi connectivity index (χ4v) is 3.16. The number of thiophene rings is 1. The summed E-state index contributed by atoms with van der Waals surface area (Å²) < 4.78 is 7.85. The minimum atomic E-state index is -0.195. The number of rotatable bonds is 4. The van der Waals surface area contributed by atoms with E-state index in [0.29, 0.717) is 18.0 Å². The van der Waals surface area contributed by atoms with Crippen LogP contribution in [0.15, 0.2) is 38.8 Å². The van der Waals surface area contributed by atoms with E-state index in [1.165, 1.54) is 0 Å². The minimum absolute atomic E-state index is 0.195. The highest BCUT2D eigenvalue weighted by atomic mass is 79.9. The largest absolute Gasteiger partial charge is 0.355 e. The number of nitrogens with zero attached hydrogens (tertiary/aromatic N) is 4. The van der Waals surface area contributed by atoms with Crippen molar-refractivity contribution in [3.63, 3.8) is 0 Å². The van der Waals surface area contributed by atoms with Gasteiger partial charge in [-0.05, 0) is 27.4 Å². The number of hydrogen-bond acceptors (Lipinski definition) is 5. The van der Waals surface area contributed by atoms with Crippen molar-refractivity contribution in [3.05, 3.63) is 45.6 Å². The van der Waals surface area contributed by atoms with Gasteiger partial charge in [-0.1, -0.05) is 11.2 Å². The van der Waals surface area contributed by atoms with E-state index in [0.717, 1.165) is 15.0 Å². The van der Waals surface area contributed by atoms with E-state index in [4.69, 9.17) is 4.52 Å². The van der Waals surface area contributed by atoms with Gasteiger partial charge in [-0.3, -0.25) is 9.48 Å². The molecule has 0 unspecified atom stereocenters. The number of amides is 1. The molecule has 0 spiro atoms. The zero-order valence-electron chi connectivity index (χ0n) is 12.0. The third kappa shape index (κ3) is 2.84. The molecule has 0 atom stereocenters. The Hall–Kier alpha value is -1.93. The lowest BCUT2D eigenvalue weighted by molar-refractivity contribution is 0.0771. The first-order valence-corrected chi connectivity index (χ1v) is 8.16. The van der Waals surface area contributed by atoms with Gasteiger partial charge in [0.1, 0.15) is 0 Å². The molecular formula is C14H13BrN4O2S. The standard InChI is InChI=1S/C14H13BrN4O2S/c1-18(8-11-9(15)7-16-19(11)2)14(20)10-6-12(21-17-10)13-4-3-5-22-13/h3-7H,8H2,1-2H3. The van der Waals surface area contributed by atoms with Crippen molar-refractivity contribution in [2.45, 2.75) is 6.54 Å². The lowest BCUT2D eigenvalue weighted by atomic mass is 10.3. The molecule has 6 nitrogen and oxygen atoms in total. The van der Waals surface area contributed by atoms with E-state index in [9.17, 15) is 4.79 Å². The van der Waals surface area contributed by atoms with Crippen LogP contribution in [0, 0.1) is 0 Å². The van der Waals surface area contributed by atoms with E-state index in [-0.39, 0.29) is 5.91 Å². The fraction of sp³-hybridized carbons (Fsp3) is 0.214. The van der Waals surface area contributed by atoms with E-state index < -0.39 is 0 Å². The Morgan fingerprint density at radius 1 is 1.55 bits per heavy atom. The zero-order valence-corrected chi connectivity index (χ0v) is 14.4. The highest BCUT2D eigenvalue weighted by Crippen LogP contribution is 2.25. The summed E-state index contributed by atoms with van der Waals surface area (Å²) in [7, 11) is 3.56. The first kappa shape index (κ1) is 15.0. The second kappa shape index (κ2) is 6.05. The Labute approximate surface area is 139 Å². The van der Waals surface area contributed by atoms with Crippen LogP contribution in [0.2, 0.25) is 0 Å². The molecule has 8 heteroatoms. The SMILES string of the molecule is CN(Cc1c(Br)cnn1C)C(=O)c1cc(-c2cccs2)on1. The zero-order chi connectivity index (χ0) is 15.7.